The Morgan fingerprint density at radius 3 is 2.80 bits per heavy atom. The molecule has 1 N–H and O–H groups in total. The number of carbonyl (C=O) groups is 1. The van der Waals surface area contributed by atoms with Gasteiger partial charge < -0.3 is 4.90 Å². The van der Waals surface area contributed by atoms with E-state index in [-0.39, 0.29) is 11.9 Å². The van der Waals surface area contributed by atoms with E-state index in [1.54, 1.807) is 0 Å². The average Bonchev–Trinajstić information content (AvgIpc) is 2.85. The topological polar surface area (TPSA) is 32.3 Å². The molecule has 1 aromatic carbocycles. The van der Waals surface area contributed by atoms with E-state index in [9.17, 15) is 4.79 Å². The Kier molecular flexibility index (Phi) is 5.60. The number of hydrogen-bond acceptors (Lipinski definition) is 2. The van der Waals surface area contributed by atoms with Crippen molar-refractivity contribution < 1.29 is 4.79 Å². The maximum atomic E-state index is 12.4. The summed E-state index contributed by atoms with van der Waals surface area (Å²) in [5.74, 6) is 0.282. The highest BCUT2D eigenvalue weighted by Crippen LogP contribution is 2.16. The lowest BCUT2D eigenvalue weighted by Gasteiger charge is -2.23. The summed E-state index contributed by atoms with van der Waals surface area (Å²) in [6.07, 6.45) is 5.34. The van der Waals surface area contributed by atoms with Gasteiger partial charge in [-0.2, -0.15) is 0 Å². The Morgan fingerprint density at radius 1 is 1.35 bits per heavy atom. The van der Waals surface area contributed by atoms with Gasteiger partial charge in [-0.1, -0.05) is 50.1 Å². The van der Waals surface area contributed by atoms with Crippen molar-refractivity contribution in [1.29, 1.82) is 0 Å². The SMILES string of the molecule is CCCCC(C)N1CNC(CCc2ccccc2)C1=O. The molecule has 110 valence electrons. The fourth-order valence-corrected chi connectivity index (χ4v) is 2.78. The van der Waals surface area contributed by atoms with Crippen molar-refractivity contribution >= 4 is 5.91 Å². The number of nitrogens with zero attached hydrogens (tertiary/aromatic N) is 1. The number of unbranched alkanes of at least 4 members (excludes halogenated alkanes) is 1. The first-order valence-electron chi connectivity index (χ1n) is 7.80. The fourth-order valence-electron chi connectivity index (χ4n) is 2.78. The van der Waals surface area contributed by atoms with Gasteiger partial charge in [0.1, 0.15) is 0 Å². The van der Waals surface area contributed by atoms with Gasteiger partial charge >= 0.3 is 0 Å². The molecule has 1 aliphatic heterocycles. The summed E-state index contributed by atoms with van der Waals surface area (Å²) in [5.41, 5.74) is 1.31. The van der Waals surface area contributed by atoms with Gasteiger partial charge in [0, 0.05) is 6.04 Å². The van der Waals surface area contributed by atoms with Crippen LogP contribution in [0.25, 0.3) is 0 Å². The monoisotopic (exact) mass is 274 g/mol. The van der Waals surface area contributed by atoms with Crippen LogP contribution in [0.2, 0.25) is 0 Å². The summed E-state index contributed by atoms with van der Waals surface area (Å²) >= 11 is 0. The molecule has 0 spiro atoms. The number of carbonyl (C=O) groups excluding carboxylic acids is 1. The van der Waals surface area contributed by atoms with E-state index in [0.29, 0.717) is 12.7 Å². The average molecular weight is 274 g/mol. The molecule has 1 fully saturated rings. The first-order chi connectivity index (χ1) is 9.72. The van der Waals surface area contributed by atoms with Crippen LogP contribution in [0, 0.1) is 0 Å². The second kappa shape index (κ2) is 7.44. The lowest BCUT2D eigenvalue weighted by molar-refractivity contribution is -0.130. The van der Waals surface area contributed by atoms with E-state index in [4.69, 9.17) is 0 Å². The maximum Gasteiger partial charge on any atom is 0.241 e. The Bertz CT molecular complexity index is 418. The third-order valence-electron chi connectivity index (χ3n) is 4.16. The molecular formula is C17H26N2O. The van der Waals surface area contributed by atoms with Gasteiger partial charge in [0.25, 0.3) is 0 Å². The van der Waals surface area contributed by atoms with E-state index in [0.717, 1.165) is 19.3 Å². The van der Waals surface area contributed by atoms with Crippen molar-refractivity contribution in [1.82, 2.24) is 10.2 Å². The van der Waals surface area contributed by atoms with Gasteiger partial charge in [0.15, 0.2) is 0 Å². The first kappa shape index (κ1) is 15.0. The van der Waals surface area contributed by atoms with Crippen molar-refractivity contribution in [3.05, 3.63) is 35.9 Å². The second-order valence-electron chi connectivity index (χ2n) is 5.74. The Labute approximate surface area is 122 Å². The molecule has 2 atom stereocenters. The molecule has 20 heavy (non-hydrogen) atoms. The number of rotatable bonds is 7. The van der Waals surface area contributed by atoms with Gasteiger partial charge in [-0.3, -0.25) is 10.1 Å². The number of benzene rings is 1. The van der Waals surface area contributed by atoms with Gasteiger partial charge in [-0.15, -0.1) is 0 Å². The Hall–Kier alpha value is -1.35. The van der Waals surface area contributed by atoms with Crippen LogP contribution in [0.5, 0.6) is 0 Å². The first-order valence-corrected chi connectivity index (χ1v) is 7.80. The highest BCUT2D eigenvalue weighted by Gasteiger charge is 2.32. The van der Waals surface area contributed by atoms with Crippen LogP contribution in [0.4, 0.5) is 0 Å². The molecule has 2 unspecified atom stereocenters. The van der Waals surface area contributed by atoms with Crippen LogP contribution in [0.1, 0.15) is 45.1 Å². The molecule has 1 aliphatic rings. The molecule has 3 heteroatoms. The molecule has 1 saturated heterocycles. The second-order valence-corrected chi connectivity index (χ2v) is 5.74. The number of amides is 1. The van der Waals surface area contributed by atoms with Crippen LogP contribution in [0.3, 0.4) is 0 Å². The van der Waals surface area contributed by atoms with Crippen LogP contribution < -0.4 is 5.32 Å². The minimum absolute atomic E-state index is 0.000664. The standard InChI is InChI=1S/C17H26N2O/c1-3-4-8-14(2)19-13-18-16(17(19)20)12-11-15-9-6-5-7-10-15/h5-7,9-10,14,16,18H,3-4,8,11-13H2,1-2H3. The van der Waals surface area contributed by atoms with E-state index < -0.39 is 0 Å². The molecule has 1 aromatic rings. The quantitative estimate of drug-likeness (QED) is 0.829. The lowest BCUT2D eigenvalue weighted by Crippen LogP contribution is -2.37. The lowest BCUT2D eigenvalue weighted by atomic mass is 10.0. The van der Waals surface area contributed by atoms with Crippen molar-refractivity contribution in [2.75, 3.05) is 6.67 Å². The van der Waals surface area contributed by atoms with E-state index in [2.05, 4.69) is 43.4 Å². The summed E-state index contributed by atoms with van der Waals surface area (Å²) < 4.78 is 0. The minimum Gasteiger partial charge on any atom is -0.326 e. The van der Waals surface area contributed by atoms with E-state index >= 15 is 0 Å². The highest BCUT2D eigenvalue weighted by atomic mass is 16.2. The molecular weight excluding hydrogens is 248 g/mol. The van der Waals surface area contributed by atoms with Crippen LogP contribution >= 0.6 is 0 Å². The van der Waals surface area contributed by atoms with Crippen molar-refractivity contribution in [3.8, 4) is 0 Å². The van der Waals surface area contributed by atoms with Crippen molar-refractivity contribution in [2.45, 2.75) is 58.0 Å². The van der Waals surface area contributed by atoms with E-state index in [1.165, 1.54) is 18.4 Å². The van der Waals surface area contributed by atoms with Gasteiger partial charge in [0.2, 0.25) is 5.91 Å². The Balaban J connectivity index is 1.82. The van der Waals surface area contributed by atoms with Crippen molar-refractivity contribution in [2.24, 2.45) is 0 Å². The summed E-state index contributed by atoms with van der Waals surface area (Å²) in [5, 5.41) is 3.36. The number of nitrogens with one attached hydrogen (secondary N) is 1. The molecule has 0 bridgehead atoms. The maximum absolute atomic E-state index is 12.4. The highest BCUT2D eigenvalue weighted by molar-refractivity contribution is 5.84. The summed E-state index contributed by atoms with van der Waals surface area (Å²) in [6.45, 7) is 5.07. The molecule has 0 saturated carbocycles. The molecule has 2 rings (SSSR count). The largest absolute Gasteiger partial charge is 0.326 e. The van der Waals surface area contributed by atoms with Gasteiger partial charge in [0.05, 0.1) is 12.7 Å². The summed E-state index contributed by atoms with van der Waals surface area (Å²) in [6, 6.07) is 10.7. The molecule has 1 amide bonds. The Morgan fingerprint density at radius 2 is 2.10 bits per heavy atom. The summed E-state index contributed by atoms with van der Waals surface area (Å²) in [4.78, 5) is 14.4. The molecule has 3 nitrogen and oxygen atoms in total. The zero-order chi connectivity index (χ0) is 14.4. The zero-order valence-corrected chi connectivity index (χ0v) is 12.6. The molecule has 1 heterocycles. The normalized spacial score (nSPS) is 20.4. The summed E-state index contributed by atoms with van der Waals surface area (Å²) in [7, 11) is 0. The number of aryl methyl sites for hydroxylation is 1. The zero-order valence-electron chi connectivity index (χ0n) is 12.6. The molecule has 0 aliphatic carbocycles. The van der Waals surface area contributed by atoms with Crippen LogP contribution in [-0.4, -0.2) is 29.6 Å². The third kappa shape index (κ3) is 3.83. The smallest absolute Gasteiger partial charge is 0.241 e. The van der Waals surface area contributed by atoms with Crippen LogP contribution in [-0.2, 0) is 11.2 Å². The third-order valence-corrected chi connectivity index (χ3v) is 4.16. The number of hydrogen-bond donors (Lipinski definition) is 1. The fraction of sp³-hybridized carbons (Fsp3) is 0.588. The molecule has 0 aromatic heterocycles. The minimum atomic E-state index is -0.000664. The van der Waals surface area contributed by atoms with Gasteiger partial charge in [-0.25, -0.2) is 0 Å². The van der Waals surface area contributed by atoms with Crippen LogP contribution in [0.15, 0.2) is 30.3 Å². The van der Waals surface area contributed by atoms with Gasteiger partial charge in [-0.05, 0) is 31.7 Å². The molecule has 0 radical (unpaired) electrons. The van der Waals surface area contributed by atoms with Crippen molar-refractivity contribution in [3.63, 3.8) is 0 Å². The predicted octanol–water partition coefficient (Wildman–Crippen LogP) is 2.96. The predicted molar refractivity (Wildman–Crippen MR) is 82.4 cm³/mol. The van der Waals surface area contributed by atoms with E-state index in [1.807, 2.05) is 11.0 Å².